The van der Waals surface area contributed by atoms with Gasteiger partial charge in [0, 0.05) is 48.6 Å². The average Bonchev–Trinajstić information content (AvgIpc) is 3.02. The van der Waals surface area contributed by atoms with Gasteiger partial charge < -0.3 is 14.4 Å². The number of likely N-dealkylation sites (N-methyl/N-ethyl adjacent to an activating group) is 1. The number of alkyl halides is 2. The van der Waals surface area contributed by atoms with E-state index in [1.54, 1.807) is 24.4 Å². The van der Waals surface area contributed by atoms with Crippen molar-refractivity contribution in [3.8, 4) is 0 Å². The van der Waals surface area contributed by atoms with Crippen molar-refractivity contribution in [2.45, 2.75) is 13.0 Å². The Bertz CT molecular complexity index is 926. The number of pyridine rings is 1. The zero-order valence-electron chi connectivity index (χ0n) is 15.5. The fourth-order valence-electron chi connectivity index (χ4n) is 2.90. The standard InChI is InChI=1S/C19H22ClF2N5/c1-25(2)8-9-27(12-18-23-6-7-26(18)3)17-11-16(19(21)22)24-15-5-4-13(20)10-14(15)17/h4-7,10-11,19H,8-9,12H2,1-3H3. The van der Waals surface area contributed by atoms with Gasteiger partial charge in [-0.05, 0) is 38.4 Å². The number of benzene rings is 1. The molecule has 2 heterocycles. The van der Waals surface area contributed by atoms with Gasteiger partial charge in [-0.1, -0.05) is 11.6 Å². The molecule has 0 spiro atoms. The lowest BCUT2D eigenvalue weighted by molar-refractivity contribution is 0.146. The molecule has 0 atom stereocenters. The number of fused-ring (bicyclic) bond motifs is 1. The van der Waals surface area contributed by atoms with E-state index >= 15 is 0 Å². The highest BCUT2D eigenvalue weighted by molar-refractivity contribution is 6.31. The van der Waals surface area contributed by atoms with Gasteiger partial charge >= 0.3 is 0 Å². The van der Waals surface area contributed by atoms with Crippen LogP contribution in [0.4, 0.5) is 14.5 Å². The van der Waals surface area contributed by atoms with E-state index < -0.39 is 6.43 Å². The van der Waals surface area contributed by atoms with Crippen LogP contribution in [0.1, 0.15) is 17.9 Å². The van der Waals surface area contributed by atoms with E-state index in [1.807, 2.05) is 31.9 Å². The van der Waals surface area contributed by atoms with Gasteiger partial charge in [0.05, 0.1) is 12.1 Å². The lowest BCUT2D eigenvalue weighted by Gasteiger charge is -2.28. The first-order valence-electron chi connectivity index (χ1n) is 8.59. The van der Waals surface area contributed by atoms with Gasteiger partial charge in [-0.15, -0.1) is 0 Å². The van der Waals surface area contributed by atoms with Crippen molar-refractivity contribution in [1.82, 2.24) is 19.4 Å². The molecule has 3 aromatic rings. The molecule has 0 unspecified atom stereocenters. The Labute approximate surface area is 162 Å². The molecule has 0 aliphatic rings. The van der Waals surface area contributed by atoms with Crippen molar-refractivity contribution in [1.29, 1.82) is 0 Å². The van der Waals surface area contributed by atoms with Crippen LogP contribution in [-0.4, -0.2) is 46.6 Å². The molecule has 0 saturated heterocycles. The quantitative estimate of drug-likeness (QED) is 0.605. The third-order valence-electron chi connectivity index (χ3n) is 4.40. The summed E-state index contributed by atoms with van der Waals surface area (Å²) in [6, 6.07) is 6.58. The van der Waals surface area contributed by atoms with E-state index in [0.29, 0.717) is 29.3 Å². The normalized spacial score (nSPS) is 11.7. The van der Waals surface area contributed by atoms with Crippen LogP contribution in [0.3, 0.4) is 0 Å². The summed E-state index contributed by atoms with van der Waals surface area (Å²) in [4.78, 5) is 12.6. The van der Waals surface area contributed by atoms with Gasteiger partial charge in [-0.2, -0.15) is 0 Å². The SMILES string of the molecule is CN(C)CCN(Cc1nccn1C)c1cc(C(F)F)nc2ccc(Cl)cc12. The molecule has 0 bridgehead atoms. The van der Waals surface area contributed by atoms with Crippen LogP contribution in [0.15, 0.2) is 36.7 Å². The maximum absolute atomic E-state index is 13.4. The zero-order chi connectivity index (χ0) is 19.6. The van der Waals surface area contributed by atoms with E-state index in [9.17, 15) is 8.78 Å². The number of aromatic nitrogens is 3. The number of nitrogens with zero attached hydrogens (tertiary/aromatic N) is 5. The number of hydrogen-bond acceptors (Lipinski definition) is 4. The molecular formula is C19H22ClF2N5. The summed E-state index contributed by atoms with van der Waals surface area (Å²) >= 11 is 6.17. The van der Waals surface area contributed by atoms with Gasteiger partial charge in [-0.3, -0.25) is 0 Å². The Morgan fingerprint density at radius 3 is 2.59 bits per heavy atom. The first-order chi connectivity index (χ1) is 12.8. The minimum atomic E-state index is -2.65. The molecule has 0 N–H and O–H groups in total. The molecule has 5 nitrogen and oxygen atoms in total. The number of aryl methyl sites for hydroxylation is 1. The molecule has 3 rings (SSSR count). The minimum absolute atomic E-state index is 0.241. The van der Waals surface area contributed by atoms with Crippen LogP contribution in [-0.2, 0) is 13.6 Å². The van der Waals surface area contributed by atoms with Crippen molar-refractivity contribution >= 4 is 28.2 Å². The summed E-state index contributed by atoms with van der Waals surface area (Å²) in [5.74, 6) is 0.847. The third-order valence-corrected chi connectivity index (χ3v) is 4.64. The van der Waals surface area contributed by atoms with E-state index in [4.69, 9.17) is 11.6 Å². The second kappa shape index (κ2) is 8.19. The van der Waals surface area contributed by atoms with Crippen LogP contribution >= 0.6 is 11.6 Å². The van der Waals surface area contributed by atoms with Gasteiger partial charge in [-0.25, -0.2) is 18.7 Å². The Morgan fingerprint density at radius 2 is 1.96 bits per heavy atom. The van der Waals surface area contributed by atoms with Crippen LogP contribution in [0, 0.1) is 0 Å². The second-order valence-electron chi connectivity index (χ2n) is 6.71. The molecule has 8 heteroatoms. The van der Waals surface area contributed by atoms with Gasteiger partial charge in [0.2, 0.25) is 0 Å². The van der Waals surface area contributed by atoms with Crippen LogP contribution in [0.5, 0.6) is 0 Å². The molecule has 144 valence electrons. The van der Waals surface area contributed by atoms with Crippen LogP contribution < -0.4 is 4.90 Å². The molecule has 0 saturated carbocycles. The largest absolute Gasteiger partial charge is 0.362 e. The number of rotatable bonds is 7. The minimum Gasteiger partial charge on any atom is -0.362 e. The van der Waals surface area contributed by atoms with Crippen LogP contribution in [0.2, 0.25) is 5.02 Å². The monoisotopic (exact) mass is 393 g/mol. The van der Waals surface area contributed by atoms with Gasteiger partial charge in [0.1, 0.15) is 11.5 Å². The molecule has 1 aromatic carbocycles. The highest BCUT2D eigenvalue weighted by atomic mass is 35.5. The number of hydrogen-bond donors (Lipinski definition) is 0. The van der Waals surface area contributed by atoms with Crippen molar-refractivity contribution < 1.29 is 8.78 Å². The fraction of sp³-hybridized carbons (Fsp3) is 0.368. The second-order valence-corrected chi connectivity index (χ2v) is 7.14. The van der Waals surface area contributed by atoms with Crippen molar-refractivity contribution in [2.75, 3.05) is 32.1 Å². The molecule has 2 aromatic heterocycles. The Hall–Kier alpha value is -2.25. The van der Waals surface area contributed by atoms with Crippen molar-refractivity contribution in [3.63, 3.8) is 0 Å². The van der Waals surface area contributed by atoms with E-state index in [0.717, 1.165) is 17.8 Å². The summed E-state index contributed by atoms with van der Waals surface area (Å²) in [5.41, 5.74) is 0.944. The summed E-state index contributed by atoms with van der Waals surface area (Å²) < 4.78 is 28.8. The summed E-state index contributed by atoms with van der Waals surface area (Å²) in [6.45, 7) is 1.90. The summed E-state index contributed by atoms with van der Waals surface area (Å²) in [6.07, 6.45) is 0.949. The molecule has 0 amide bonds. The highest BCUT2D eigenvalue weighted by Gasteiger charge is 2.19. The fourth-order valence-corrected chi connectivity index (χ4v) is 3.07. The van der Waals surface area contributed by atoms with E-state index in [2.05, 4.69) is 19.8 Å². The van der Waals surface area contributed by atoms with E-state index in [-0.39, 0.29) is 5.69 Å². The smallest absolute Gasteiger partial charge is 0.280 e. The number of imidazole rings is 1. The maximum atomic E-state index is 13.4. The Kier molecular flexibility index (Phi) is 5.92. The lowest BCUT2D eigenvalue weighted by Crippen LogP contribution is -2.32. The number of anilines is 1. The Morgan fingerprint density at radius 1 is 1.19 bits per heavy atom. The highest BCUT2D eigenvalue weighted by Crippen LogP contribution is 2.32. The number of halogens is 3. The topological polar surface area (TPSA) is 37.2 Å². The molecule has 0 aliphatic heterocycles. The maximum Gasteiger partial charge on any atom is 0.280 e. The third kappa shape index (κ3) is 4.54. The van der Waals surface area contributed by atoms with Crippen molar-refractivity contribution in [3.05, 3.63) is 53.2 Å². The predicted molar refractivity (Wildman–Crippen MR) is 105 cm³/mol. The molecule has 0 fully saturated rings. The van der Waals surface area contributed by atoms with Crippen LogP contribution in [0.25, 0.3) is 10.9 Å². The first-order valence-corrected chi connectivity index (χ1v) is 8.97. The van der Waals surface area contributed by atoms with E-state index in [1.165, 1.54) is 6.07 Å². The molecule has 0 aliphatic carbocycles. The lowest BCUT2D eigenvalue weighted by atomic mass is 10.1. The summed E-state index contributed by atoms with van der Waals surface area (Å²) in [7, 11) is 5.87. The first kappa shape index (κ1) is 19.5. The van der Waals surface area contributed by atoms with Gasteiger partial charge in [0.25, 0.3) is 6.43 Å². The van der Waals surface area contributed by atoms with Gasteiger partial charge in [0.15, 0.2) is 0 Å². The molecule has 27 heavy (non-hydrogen) atoms. The van der Waals surface area contributed by atoms with Crippen molar-refractivity contribution in [2.24, 2.45) is 7.05 Å². The summed E-state index contributed by atoms with van der Waals surface area (Å²) in [5, 5.41) is 1.29. The molecule has 0 radical (unpaired) electrons. The molecular weight excluding hydrogens is 372 g/mol. The Balaban J connectivity index is 2.12. The predicted octanol–water partition coefficient (Wildman–Crippen LogP) is 4.13. The zero-order valence-corrected chi connectivity index (χ0v) is 16.3. The average molecular weight is 394 g/mol.